The van der Waals surface area contributed by atoms with E-state index in [-0.39, 0.29) is 5.97 Å². The largest absolute Gasteiger partial charge is 0.457 e. The van der Waals surface area contributed by atoms with Crippen molar-refractivity contribution in [2.45, 2.75) is 12.8 Å². The third kappa shape index (κ3) is 4.78. The topological polar surface area (TPSA) is 35.5 Å². The highest BCUT2D eigenvalue weighted by molar-refractivity contribution is 6.30. The van der Waals surface area contributed by atoms with Crippen LogP contribution in [0, 0.1) is 0 Å². The molecule has 5 heteroatoms. The van der Waals surface area contributed by atoms with E-state index in [1.54, 1.807) is 55.5 Å². The summed E-state index contributed by atoms with van der Waals surface area (Å²) < 4.78 is 11.1. The molecule has 3 aromatic carbocycles. The van der Waals surface area contributed by atoms with Crippen LogP contribution in [0.4, 0.5) is 0 Å². The summed E-state index contributed by atoms with van der Waals surface area (Å²) in [6, 6.07) is 21.1. The second-order valence-electron chi connectivity index (χ2n) is 5.72. The van der Waals surface area contributed by atoms with Crippen molar-refractivity contribution in [3.05, 3.63) is 88.4 Å². The number of hydrogen-bond acceptors (Lipinski definition) is 3. The van der Waals surface area contributed by atoms with Crippen molar-refractivity contribution < 1.29 is 14.3 Å². The zero-order chi connectivity index (χ0) is 18.5. The summed E-state index contributed by atoms with van der Waals surface area (Å²) in [7, 11) is 0. The monoisotopic (exact) mass is 386 g/mol. The zero-order valence-electron chi connectivity index (χ0n) is 14.0. The molecule has 0 aliphatic carbocycles. The Morgan fingerprint density at radius 3 is 1.65 bits per heavy atom. The molecule has 26 heavy (non-hydrogen) atoms. The molecule has 3 aromatic rings. The Morgan fingerprint density at radius 1 is 0.731 bits per heavy atom. The van der Waals surface area contributed by atoms with Gasteiger partial charge in [0, 0.05) is 10.0 Å². The van der Waals surface area contributed by atoms with Gasteiger partial charge in [-0.25, -0.2) is 0 Å². The van der Waals surface area contributed by atoms with Crippen LogP contribution in [0.5, 0.6) is 17.2 Å². The van der Waals surface area contributed by atoms with Gasteiger partial charge in [-0.2, -0.15) is 0 Å². The molecule has 0 N–H and O–H groups in total. The molecule has 0 amide bonds. The highest BCUT2D eigenvalue weighted by Crippen LogP contribution is 2.26. The molecular weight excluding hydrogens is 371 g/mol. The molecule has 0 saturated carbocycles. The first-order valence-corrected chi connectivity index (χ1v) is 8.77. The van der Waals surface area contributed by atoms with Gasteiger partial charge in [-0.15, -0.1) is 0 Å². The van der Waals surface area contributed by atoms with Crippen molar-refractivity contribution in [3.63, 3.8) is 0 Å². The average Bonchev–Trinajstić information content (AvgIpc) is 2.65. The van der Waals surface area contributed by atoms with E-state index in [0.29, 0.717) is 27.3 Å². The highest BCUT2D eigenvalue weighted by Gasteiger charge is 2.17. The predicted octanol–water partition coefficient (Wildman–Crippen LogP) is 6.49. The third-order valence-corrected chi connectivity index (χ3v) is 4.32. The summed E-state index contributed by atoms with van der Waals surface area (Å²) in [6.07, 6.45) is 0. The van der Waals surface area contributed by atoms with Crippen LogP contribution < -0.4 is 9.47 Å². The Bertz CT molecular complexity index is 873. The minimum Gasteiger partial charge on any atom is -0.457 e. The van der Waals surface area contributed by atoms with E-state index >= 15 is 0 Å². The van der Waals surface area contributed by atoms with Gasteiger partial charge in [0.2, 0.25) is 0 Å². The molecule has 0 aliphatic heterocycles. The van der Waals surface area contributed by atoms with Crippen molar-refractivity contribution in [2.75, 3.05) is 0 Å². The molecular formula is C21H16Cl2O3. The number of esters is 1. The summed E-state index contributed by atoms with van der Waals surface area (Å²) >= 11 is 11.7. The zero-order valence-corrected chi connectivity index (χ0v) is 15.5. The lowest BCUT2D eigenvalue weighted by molar-refractivity contribution is -0.135. The molecule has 0 aliphatic rings. The Kier molecular flexibility index (Phi) is 5.82. The van der Waals surface area contributed by atoms with Crippen LogP contribution in [0.2, 0.25) is 10.0 Å². The predicted molar refractivity (Wildman–Crippen MR) is 103 cm³/mol. The normalized spacial score (nSPS) is 11.7. The number of hydrogen-bond donors (Lipinski definition) is 0. The van der Waals surface area contributed by atoms with Gasteiger partial charge in [0.15, 0.2) is 0 Å². The van der Waals surface area contributed by atoms with Crippen molar-refractivity contribution in [1.82, 2.24) is 0 Å². The lowest BCUT2D eigenvalue weighted by Crippen LogP contribution is -2.16. The van der Waals surface area contributed by atoms with Gasteiger partial charge in [0.25, 0.3) is 0 Å². The van der Waals surface area contributed by atoms with Gasteiger partial charge in [-0.3, -0.25) is 4.79 Å². The molecule has 132 valence electrons. The van der Waals surface area contributed by atoms with Crippen molar-refractivity contribution >= 4 is 29.2 Å². The molecule has 0 saturated heterocycles. The second-order valence-corrected chi connectivity index (χ2v) is 6.59. The van der Waals surface area contributed by atoms with Crippen LogP contribution in [-0.2, 0) is 4.79 Å². The van der Waals surface area contributed by atoms with E-state index in [1.807, 2.05) is 24.3 Å². The third-order valence-electron chi connectivity index (χ3n) is 3.82. The second kappa shape index (κ2) is 8.26. The Morgan fingerprint density at radius 2 is 1.15 bits per heavy atom. The molecule has 3 nitrogen and oxygen atoms in total. The lowest BCUT2D eigenvalue weighted by atomic mass is 10.0. The molecule has 3 rings (SSSR count). The van der Waals surface area contributed by atoms with Crippen molar-refractivity contribution in [3.8, 4) is 17.2 Å². The number of benzene rings is 3. The van der Waals surface area contributed by atoms with Gasteiger partial charge in [0.05, 0.1) is 5.92 Å². The van der Waals surface area contributed by atoms with Gasteiger partial charge >= 0.3 is 5.97 Å². The number of carbonyl (C=O) groups excluding carboxylic acids is 1. The number of carbonyl (C=O) groups is 1. The number of ether oxygens (including phenoxy) is 2. The minimum absolute atomic E-state index is 0.335. The van der Waals surface area contributed by atoms with Crippen molar-refractivity contribution in [1.29, 1.82) is 0 Å². The van der Waals surface area contributed by atoms with Gasteiger partial charge in [-0.05, 0) is 73.2 Å². The Balaban J connectivity index is 1.64. The fraction of sp³-hybridized carbons (Fsp3) is 0.0952. The average molecular weight is 387 g/mol. The first kappa shape index (κ1) is 18.3. The summed E-state index contributed by atoms with van der Waals surface area (Å²) in [5.74, 6) is 1.09. The summed E-state index contributed by atoms with van der Waals surface area (Å²) in [4.78, 5) is 12.3. The van der Waals surface area contributed by atoms with Gasteiger partial charge in [0.1, 0.15) is 17.2 Å². The Labute approximate surface area is 162 Å². The maximum absolute atomic E-state index is 12.3. The molecule has 0 fully saturated rings. The van der Waals surface area contributed by atoms with E-state index in [9.17, 15) is 4.79 Å². The molecule has 0 aromatic heterocycles. The standard InChI is InChI=1S/C21H16Cl2O3/c1-14(21(24)26-20-12-6-17(23)7-13-20)15-2-8-18(9-3-15)25-19-10-4-16(22)5-11-19/h2-14H,1H3. The molecule has 1 unspecified atom stereocenters. The van der Waals surface area contributed by atoms with Crippen molar-refractivity contribution in [2.24, 2.45) is 0 Å². The summed E-state index contributed by atoms with van der Waals surface area (Å²) in [5.41, 5.74) is 0.840. The van der Waals surface area contributed by atoms with Crippen LogP contribution in [0.15, 0.2) is 72.8 Å². The number of halogens is 2. The molecule has 0 radical (unpaired) electrons. The van der Waals surface area contributed by atoms with Crippen LogP contribution >= 0.6 is 23.2 Å². The number of rotatable bonds is 5. The van der Waals surface area contributed by atoms with E-state index in [4.69, 9.17) is 32.7 Å². The highest BCUT2D eigenvalue weighted by atomic mass is 35.5. The fourth-order valence-corrected chi connectivity index (χ4v) is 2.56. The molecule has 0 heterocycles. The Hall–Kier alpha value is -2.49. The van der Waals surface area contributed by atoms with E-state index < -0.39 is 5.92 Å². The first-order valence-electron chi connectivity index (χ1n) is 8.02. The van der Waals surface area contributed by atoms with Crippen LogP contribution in [0.25, 0.3) is 0 Å². The quantitative estimate of drug-likeness (QED) is 0.371. The summed E-state index contributed by atoms with van der Waals surface area (Å²) in [6.45, 7) is 1.80. The SMILES string of the molecule is CC(C(=O)Oc1ccc(Cl)cc1)c1ccc(Oc2ccc(Cl)cc2)cc1. The molecule has 1 atom stereocenters. The van der Waals surface area contributed by atoms with E-state index in [0.717, 1.165) is 5.56 Å². The summed E-state index contributed by atoms with van der Waals surface area (Å²) in [5, 5.41) is 1.25. The van der Waals surface area contributed by atoms with E-state index in [1.165, 1.54) is 0 Å². The van der Waals surface area contributed by atoms with Crippen LogP contribution in [0.3, 0.4) is 0 Å². The van der Waals surface area contributed by atoms with Crippen LogP contribution in [0.1, 0.15) is 18.4 Å². The minimum atomic E-state index is -0.407. The first-order chi connectivity index (χ1) is 12.5. The fourth-order valence-electron chi connectivity index (χ4n) is 2.31. The molecule has 0 bridgehead atoms. The van der Waals surface area contributed by atoms with E-state index in [2.05, 4.69) is 0 Å². The molecule has 0 spiro atoms. The maximum Gasteiger partial charge on any atom is 0.318 e. The van der Waals surface area contributed by atoms with Gasteiger partial charge < -0.3 is 9.47 Å². The smallest absolute Gasteiger partial charge is 0.318 e. The lowest BCUT2D eigenvalue weighted by Gasteiger charge is -2.12. The maximum atomic E-state index is 12.3. The van der Waals surface area contributed by atoms with Crippen LogP contribution in [-0.4, -0.2) is 5.97 Å². The van der Waals surface area contributed by atoms with Gasteiger partial charge in [-0.1, -0.05) is 35.3 Å².